The van der Waals surface area contributed by atoms with E-state index >= 15 is 0 Å². The van der Waals surface area contributed by atoms with Gasteiger partial charge in [0.15, 0.2) is 0 Å². The van der Waals surface area contributed by atoms with Crippen molar-refractivity contribution in [3.63, 3.8) is 0 Å². The maximum atomic E-state index is 11.3. The molecule has 1 saturated carbocycles. The Morgan fingerprint density at radius 3 is 2.69 bits per heavy atom. The Hall–Kier alpha value is -1.71. The molecule has 1 aromatic carbocycles. The number of nitrogens with two attached hydrogens (primary N) is 2. The third-order valence-electron chi connectivity index (χ3n) is 3.04. The summed E-state index contributed by atoms with van der Waals surface area (Å²) >= 11 is 0. The van der Waals surface area contributed by atoms with Crippen molar-refractivity contribution in [2.24, 2.45) is 11.7 Å². The van der Waals surface area contributed by atoms with Crippen molar-refractivity contribution < 1.29 is 4.79 Å². The Morgan fingerprint density at radius 2 is 2.12 bits per heavy atom. The molecule has 0 aromatic heterocycles. The molecule has 0 bridgehead atoms. The molecule has 1 aliphatic rings. The van der Waals surface area contributed by atoms with Gasteiger partial charge in [-0.3, -0.25) is 4.79 Å². The summed E-state index contributed by atoms with van der Waals surface area (Å²) in [6, 6.07) is 5.67. The lowest BCUT2D eigenvalue weighted by atomic mass is 9.81. The lowest BCUT2D eigenvalue weighted by Gasteiger charge is -2.34. The van der Waals surface area contributed by atoms with E-state index in [2.05, 4.69) is 12.2 Å². The standard InChI is InChI=1S/C12H17N3O/c1-7-4-9(5-7)15-11-3-2-8(13)6-10(11)12(14)16/h2-3,6-7,9,15H,4-5,13H2,1H3,(H2,14,16). The number of anilines is 2. The second-order valence-corrected chi connectivity index (χ2v) is 4.59. The monoisotopic (exact) mass is 219 g/mol. The quantitative estimate of drug-likeness (QED) is 0.675. The first-order valence-electron chi connectivity index (χ1n) is 5.52. The van der Waals surface area contributed by atoms with Crippen molar-refractivity contribution in [1.29, 1.82) is 0 Å². The van der Waals surface area contributed by atoms with Crippen LogP contribution in [0.3, 0.4) is 0 Å². The predicted octanol–water partition coefficient (Wildman–Crippen LogP) is 1.58. The molecule has 0 radical (unpaired) electrons. The molecule has 0 atom stereocenters. The summed E-state index contributed by atoms with van der Waals surface area (Å²) in [5, 5.41) is 3.33. The molecule has 16 heavy (non-hydrogen) atoms. The zero-order valence-corrected chi connectivity index (χ0v) is 9.36. The maximum Gasteiger partial charge on any atom is 0.250 e. The van der Waals surface area contributed by atoms with Crippen LogP contribution in [0.1, 0.15) is 30.1 Å². The van der Waals surface area contributed by atoms with Gasteiger partial charge >= 0.3 is 0 Å². The highest BCUT2D eigenvalue weighted by atomic mass is 16.1. The summed E-state index contributed by atoms with van der Waals surface area (Å²) in [6.45, 7) is 2.22. The molecule has 1 aliphatic carbocycles. The van der Waals surface area contributed by atoms with Gasteiger partial charge in [0.25, 0.3) is 5.91 Å². The summed E-state index contributed by atoms with van der Waals surface area (Å²) in [4.78, 5) is 11.3. The van der Waals surface area contributed by atoms with Gasteiger partial charge in [-0.15, -0.1) is 0 Å². The van der Waals surface area contributed by atoms with Crippen molar-refractivity contribution in [3.8, 4) is 0 Å². The van der Waals surface area contributed by atoms with E-state index in [0.717, 1.165) is 24.4 Å². The first kappa shape index (κ1) is 10.8. The topological polar surface area (TPSA) is 81.1 Å². The minimum atomic E-state index is -0.442. The second kappa shape index (κ2) is 4.04. The van der Waals surface area contributed by atoms with Crippen LogP contribution in [0.2, 0.25) is 0 Å². The smallest absolute Gasteiger partial charge is 0.250 e. The third-order valence-corrected chi connectivity index (χ3v) is 3.04. The SMILES string of the molecule is CC1CC(Nc2ccc(N)cc2C(N)=O)C1. The Bertz CT molecular complexity index is 411. The van der Waals surface area contributed by atoms with Crippen molar-refractivity contribution in [2.75, 3.05) is 11.1 Å². The van der Waals surface area contributed by atoms with Crippen molar-refractivity contribution >= 4 is 17.3 Å². The number of nitrogen functional groups attached to an aromatic ring is 1. The molecule has 0 aliphatic heterocycles. The van der Waals surface area contributed by atoms with Crippen molar-refractivity contribution in [1.82, 2.24) is 0 Å². The van der Waals surface area contributed by atoms with E-state index in [1.54, 1.807) is 12.1 Å². The van der Waals surface area contributed by atoms with Gasteiger partial charge in [-0.1, -0.05) is 6.92 Å². The zero-order valence-electron chi connectivity index (χ0n) is 9.36. The molecular formula is C12H17N3O. The number of rotatable bonds is 3. The highest BCUT2D eigenvalue weighted by Crippen LogP contribution is 2.30. The summed E-state index contributed by atoms with van der Waals surface area (Å²) < 4.78 is 0. The van der Waals surface area contributed by atoms with Crippen LogP contribution in [0.5, 0.6) is 0 Å². The van der Waals surface area contributed by atoms with Gasteiger partial charge in [-0.25, -0.2) is 0 Å². The number of amides is 1. The first-order chi connectivity index (χ1) is 7.56. The second-order valence-electron chi connectivity index (χ2n) is 4.59. The van der Waals surface area contributed by atoms with Gasteiger partial charge in [0.2, 0.25) is 0 Å². The van der Waals surface area contributed by atoms with E-state index in [-0.39, 0.29) is 0 Å². The summed E-state index contributed by atoms with van der Waals surface area (Å²) in [5.74, 6) is 0.325. The van der Waals surface area contributed by atoms with Gasteiger partial charge in [0.1, 0.15) is 0 Å². The van der Waals surface area contributed by atoms with E-state index in [1.165, 1.54) is 0 Å². The number of carbonyl (C=O) groups excluding carboxylic acids is 1. The van der Waals surface area contributed by atoms with Gasteiger partial charge in [0, 0.05) is 17.4 Å². The predicted molar refractivity (Wildman–Crippen MR) is 65.2 cm³/mol. The molecule has 2 rings (SSSR count). The minimum absolute atomic E-state index is 0.442. The number of carbonyl (C=O) groups is 1. The van der Waals surface area contributed by atoms with Gasteiger partial charge in [-0.2, -0.15) is 0 Å². The van der Waals surface area contributed by atoms with E-state index in [1.807, 2.05) is 6.07 Å². The maximum absolute atomic E-state index is 11.3. The van der Waals surface area contributed by atoms with Crippen LogP contribution in [0, 0.1) is 5.92 Å². The van der Waals surface area contributed by atoms with Gasteiger partial charge < -0.3 is 16.8 Å². The lowest BCUT2D eigenvalue weighted by molar-refractivity contribution is 0.100. The Kier molecular flexibility index (Phi) is 2.73. The molecule has 1 fully saturated rings. The zero-order chi connectivity index (χ0) is 11.7. The Labute approximate surface area is 95.0 Å². The number of hydrogen-bond acceptors (Lipinski definition) is 3. The molecule has 0 unspecified atom stereocenters. The average molecular weight is 219 g/mol. The van der Waals surface area contributed by atoms with Crippen molar-refractivity contribution in [3.05, 3.63) is 23.8 Å². The van der Waals surface area contributed by atoms with Gasteiger partial charge in [-0.05, 0) is 37.0 Å². The fourth-order valence-corrected chi connectivity index (χ4v) is 2.13. The van der Waals surface area contributed by atoms with Crippen LogP contribution in [0.25, 0.3) is 0 Å². The lowest BCUT2D eigenvalue weighted by Crippen LogP contribution is -2.34. The molecule has 1 aromatic rings. The molecule has 0 heterocycles. The Morgan fingerprint density at radius 1 is 1.44 bits per heavy atom. The summed E-state index contributed by atoms with van der Waals surface area (Å²) in [6.07, 6.45) is 2.28. The normalized spacial score (nSPS) is 23.6. The van der Waals surface area contributed by atoms with Crippen LogP contribution >= 0.6 is 0 Å². The fourth-order valence-electron chi connectivity index (χ4n) is 2.13. The highest BCUT2D eigenvalue weighted by molar-refractivity contribution is 5.99. The highest BCUT2D eigenvalue weighted by Gasteiger charge is 2.25. The number of hydrogen-bond donors (Lipinski definition) is 3. The molecule has 0 saturated heterocycles. The average Bonchev–Trinajstić information content (AvgIpc) is 2.17. The molecule has 4 nitrogen and oxygen atoms in total. The minimum Gasteiger partial charge on any atom is -0.399 e. The van der Waals surface area contributed by atoms with E-state index in [0.29, 0.717) is 17.3 Å². The summed E-state index contributed by atoms with van der Waals surface area (Å²) in [5.41, 5.74) is 12.8. The molecule has 0 spiro atoms. The molecule has 86 valence electrons. The van der Waals surface area contributed by atoms with Gasteiger partial charge in [0.05, 0.1) is 5.56 Å². The number of primary amides is 1. The molecule has 5 N–H and O–H groups in total. The van der Waals surface area contributed by atoms with Crippen LogP contribution in [0.4, 0.5) is 11.4 Å². The van der Waals surface area contributed by atoms with Crippen LogP contribution in [-0.2, 0) is 0 Å². The Balaban J connectivity index is 2.16. The van der Waals surface area contributed by atoms with E-state index in [4.69, 9.17) is 11.5 Å². The molecule has 1 amide bonds. The third kappa shape index (κ3) is 2.10. The van der Waals surface area contributed by atoms with E-state index in [9.17, 15) is 4.79 Å². The number of nitrogens with one attached hydrogen (secondary N) is 1. The molecular weight excluding hydrogens is 202 g/mol. The fraction of sp³-hybridized carbons (Fsp3) is 0.417. The van der Waals surface area contributed by atoms with Crippen LogP contribution in [-0.4, -0.2) is 11.9 Å². The van der Waals surface area contributed by atoms with Crippen LogP contribution in [0.15, 0.2) is 18.2 Å². The largest absolute Gasteiger partial charge is 0.399 e. The number of benzene rings is 1. The van der Waals surface area contributed by atoms with Crippen molar-refractivity contribution in [2.45, 2.75) is 25.8 Å². The summed E-state index contributed by atoms with van der Waals surface area (Å²) in [7, 11) is 0. The molecule has 4 heteroatoms. The van der Waals surface area contributed by atoms with Crippen LogP contribution < -0.4 is 16.8 Å². The van der Waals surface area contributed by atoms with E-state index < -0.39 is 5.91 Å². The first-order valence-corrected chi connectivity index (χ1v) is 5.52.